The van der Waals surface area contributed by atoms with Crippen LogP contribution in [0.3, 0.4) is 0 Å². The highest BCUT2D eigenvalue weighted by Gasteiger charge is 2.54. The number of fused-ring (bicyclic) bond motifs is 1. The van der Waals surface area contributed by atoms with Crippen molar-refractivity contribution in [1.29, 1.82) is 0 Å². The third-order valence-corrected chi connectivity index (χ3v) is 5.41. The highest BCUT2D eigenvalue weighted by molar-refractivity contribution is 5.44. The highest BCUT2D eigenvalue weighted by atomic mass is 16.3. The lowest BCUT2D eigenvalue weighted by molar-refractivity contribution is -0.683. The van der Waals surface area contributed by atoms with E-state index in [1.807, 2.05) is 6.07 Å². The van der Waals surface area contributed by atoms with Crippen molar-refractivity contribution in [2.45, 2.75) is 57.3 Å². The minimum Gasteiger partial charge on any atom is -0.346 e. The molecule has 1 aliphatic carbocycles. The van der Waals surface area contributed by atoms with Gasteiger partial charge in [-0.2, -0.15) is 0 Å². The van der Waals surface area contributed by atoms with Crippen LogP contribution in [-0.2, 0) is 12.3 Å². The molecule has 3 nitrogen and oxygen atoms in total. The van der Waals surface area contributed by atoms with Crippen molar-refractivity contribution in [3.8, 4) is 0 Å². The van der Waals surface area contributed by atoms with Gasteiger partial charge in [0.05, 0.1) is 12.2 Å². The normalized spacial score (nSPS) is 24.7. The molecule has 1 aromatic heterocycles. The molecule has 1 atom stereocenters. The number of aliphatic hydroxyl groups is 1. The largest absolute Gasteiger partial charge is 0.346 e. The van der Waals surface area contributed by atoms with Gasteiger partial charge in [0, 0.05) is 11.6 Å². The third-order valence-electron chi connectivity index (χ3n) is 5.41. The molecule has 1 aromatic carbocycles. The number of hydrogen-bond acceptors (Lipinski definition) is 2. The van der Waals surface area contributed by atoms with Crippen LogP contribution in [0.25, 0.3) is 0 Å². The van der Waals surface area contributed by atoms with Crippen LogP contribution in [0.4, 0.5) is 5.82 Å². The average molecular weight is 309 g/mol. The monoisotopic (exact) mass is 309 g/mol. The van der Waals surface area contributed by atoms with Crippen molar-refractivity contribution in [2.75, 3.05) is 4.90 Å². The molecule has 2 heterocycles. The Morgan fingerprint density at radius 3 is 2.52 bits per heavy atom. The predicted molar refractivity (Wildman–Crippen MR) is 91.1 cm³/mol. The molecule has 23 heavy (non-hydrogen) atoms. The maximum absolute atomic E-state index is 11.7. The summed E-state index contributed by atoms with van der Waals surface area (Å²) in [7, 11) is 0. The van der Waals surface area contributed by atoms with Crippen molar-refractivity contribution >= 4 is 5.82 Å². The molecule has 3 heteroatoms. The first-order chi connectivity index (χ1) is 11.2. The summed E-state index contributed by atoms with van der Waals surface area (Å²) >= 11 is 0. The van der Waals surface area contributed by atoms with Gasteiger partial charge < -0.3 is 5.11 Å². The van der Waals surface area contributed by atoms with E-state index in [1.54, 1.807) is 0 Å². The minimum absolute atomic E-state index is 0.422. The van der Waals surface area contributed by atoms with Gasteiger partial charge in [-0.1, -0.05) is 42.3 Å². The smallest absolute Gasteiger partial charge is 0.279 e. The van der Waals surface area contributed by atoms with Crippen LogP contribution in [0.5, 0.6) is 0 Å². The lowest BCUT2D eigenvalue weighted by atomic mass is 9.91. The van der Waals surface area contributed by atoms with Gasteiger partial charge in [0.25, 0.3) is 11.5 Å². The van der Waals surface area contributed by atoms with E-state index in [-0.39, 0.29) is 0 Å². The van der Waals surface area contributed by atoms with Gasteiger partial charge in [0.15, 0.2) is 6.54 Å². The summed E-state index contributed by atoms with van der Waals surface area (Å²) in [6.07, 6.45) is 8.27. The number of aromatic nitrogens is 1. The number of rotatable bonds is 2. The zero-order valence-electron chi connectivity index (χ0n) is 13.8. The summed E-state index contributed by atoms with van der Waals surface area (Å²) < 4.78 is 2.19. The molecule has 0 spiro atoms. The van der Waals surface area contributed by atoms with Crippen LogP contribution < -0.4 is 9.47 Å². The van der Waals surface area contributed by atoms with Gasteiger partial charge in [-0.3, -0.25) is 0 Å². The number of anilines is 1. The molecule has 0 bridgehead atoms. The fraction of sp³-hybridized carbons (Fsp3) is 0.450. The summed E-state index contributed by atoms with van der Waals surface area (Å²) in [6, 6.07) is 15.0. The fourth-order valence-electron chi connectivity index (χ4n) is 4.20. The van der Waals surface area contributed by atoms with Crippen molar-refractivity contribution in [3.63, 3.8) is 0 Å². The molecule has 0 radical (unpaired) electrons. The minimum atomic E-state index is -0.940. The third kappa shape index (κ3) is 2.43. The van der Waals surface area contributed by atoms with E-state index in [1.165, 1.54) is 37.7 Å². The molecule has 4 rings (SSSR count). The van der Waals surface area contributed by atoms with Crippen LogP contribution in [0.15, 0.2) is 48.7 Å². The number of pyridine rings is 1. The molecule has 0 saturated heterocycles. The zero-order valence-corrected chi connectivity index (χ0v) is 13.8. The van der Waals surface area contributed by atoms with Crippen molar-refractivity contribution < 1.29 is 9.67 Å². The van der Waals surface area contributed by atoms with E-state index in [9.17, 15) is 5.11 Å². The van der Waals surface area contributed by atoms with Crippen molar-refractivity contribution in [1.82, 2.24) is 0 Å². The Labute approximate surface area is 138 Å². The first kappa shape index (κ1) is 14.7. The van der Waals surface area contributed by atoms with E-state index in [0.29, 0.717) is 12.6 Å². The fourth-order valence-corrected chi connectivity index (χ4v) is 4.20. The van der Waals surface area contributed by atoms with Crippen LogP contribution >= 0.6 is 0 Å². The Bertz CT molecular complexity index is 691. The number of benzene rings is 1. The molecule has 1 fully saturated rings. The number of aryl methyl sites for hydroxylation is 1. The van der Waals surface area contributed by atoms with E-state index >= 15 is 0 Å². The predicted octanol–water partition coefficient (Wildman–Crippen LogP) is 3.28. The van der Waals surface area contributed by atoms with Crippen LogP contribution in [0.1, 0.15) is 43.2 Å². The molecule has 1 N–H and O–H groups in total. The summed E-state index contributed by atoms with van der Waals surface area (Å²) in [5.74, 6) is 1.14. The van der Waals surface area contributed by atoms with Crippen molar-refractivity contribution in [2.24, 2.45) is 0 Å². The summed E-state index contributed by atoms with van der Waals surface area (Å²) in [6.45, 7) is 2.69. The Kier molecular flexibility index (Phi) is 3.61. The molecule has 1 unspecified atom stereocenters. The quantitative estimate of drug-likeness (QED) is 0.862. The van der Waals surface area contributed by atoms with E-state index in [2.05, 4.69) is 59.0 Å². The maximum Gasteiger partial charge on any atom is 0.279 e. The Balaban J connectivity index is 1.79. The highest BCUT2D eigenvalue weighted by Crippen LogP contribution is 2.40. The lowest BCUT2D eigenvalue weighted by Crippen LogP contribution is -2.51. The van der Waals surface area contributed by atoms with Crippen LogP contribution in [-0.4, -0.2) is 11.1 Å². The van der Waals surface area contributed by atoms with Crippen molar-refractivity contribution in [3.05, 3.63) is 59.8 Å². The van der Waals surface area contributed by atoms with Gasteiger partial charge in [0.2, 0.25) is 0 Å². The molecular formula is C20H25N2O+. The molecule has 0 amide bonds. The zero-order chi connectivity index (χ0) is 15.9. The van der Waals surface area contributed by atoms with E-state index < -0.39 is 5.72 Å². The lowest BCUT2D eigenvalue weighted by Gasteiger charge is -2.35. The molecule has 1 aliphatic heterocycles. The Hall–Kier alpha value is -1.87. The van der Waals surface area contributed by atoms with Gasteiger partial charge in [-0.05, 0) is 38.7 Å². The maximum atomic E-state index is 11.7. The second kappa shape index (κ2) is 5.64. The second-order valence-corrected chi connectivity index (χ2v) is 7.03. The van der Waals surface area contributed by atoms with Crippen LogP contribution in [0, 0.1) is 6.92 Å². The first-order valence-electron chi connectivity index (χ1n) is 8.76. The Morgan fingerprint density at radius 1 is 1.04 bits per heavy atom. The number of nitrogens with zero attached hydrogens (tertiary/aromatic N) is 2. The molecular weight excluding hydrogens is 284 g/mol. The van der Waals surface area contributed by atoms with Gasteiger partial charge in [-0.25, -0.2) is 9.47 Å². The summed E-state index contributed by atoms with van der Waals surface area (Å²) in [5, 5.41) is 11.7. The molecule has 120 valence electrons. The topological polar surface area (TPSA) is 27.4 Å². The van der Waals surface area contributed by atoms with Gasteiger partial charge in [-0.15, -0.1) is 0 Å². The van der Waals surface area contributed by atoms with Gasteiger partial charge >= 0.3 is 0 Å². The average Bonchev–Trinajstić information content (AvgIpc) is 2.89. The summed E-state index contributed by atoms with van der Waals surface area (Å²) in [5.41, 5.74) is 1.28. The van der Waals surface area contributed by atoms with Crippen LogP contribution in [0.2, 0.25) is 0 Å². The summed E-state index contributed by atoms with van der Waals surface area (Å²) in [4.78, 5) is 2.29. The molecule has 1 saturated carbocycles. The standard InChI is InChI=1S/C20H25N2O/c1-16-10-12-17(13-11-16)20(23)15-21-14-6-5-9-19(21)22(20)18-7-3-2-4-8-18/h5-6,9-14,18,23H,2-4,7-8,15H2,1H3/q+1. The second-order valence-electron chi connectivity index (χ2n) is 7.03. The van der Waals surface area contributed by atoms with E-state index in [0.717, 1.165) is 11.4 Å². The SMILES string of the molecule is Cc1ccc(C2(O)C[n+]3ccccc3N2C2CCCCC2)cc1. The van der Waals surface area contributed by atoms with Gasteiger partial charge in [0.1, 0.15) is 0 Å². The first-order valence-corrected chi connectivity index (χ1v) is 8.76. The Morgan fingerprint density at radius 2 is 1.78 bits per heavy atom. The van der Waals surface area contributed by atoms with E-state index in [4.69, 9.17) is 0 Å². The molecule has 2 aliphatic rings. The molecule has 2 aromatic rings. The number of hydrogen-bond donors (Lipinski definition) is 1.